The molecule has 0 bridgehead atoms. The molecule has 1 aromatic heterocycles. The SMILES string of the molecule is CCCNCc1cc(C)nc(CSc2ccc(C)cc2)n1. The van der Waals surface area contributed by atoms with E-state index in [1.54, 1.807) is 11.8 Å². The zero-order valence-corrected chi connectivity index (χ0v) is 13.8. The monoisotopic (exact) mass is 301 g/mol. The van der Waals surface area contributed by atoms with Crippen LogP contribution in [0.4, 0.5) is 0 Å². The van der Waals surface area contributed by atoms with Crippen LogP contribution in [0.5, 0.6) is 0 Å². The Hall–Kier alpha value is -1.39. The van der Waals surface area contributed by atoms with Gasteiger partial charge in [-0.25, -0.2) is 9.97 Å². The summed E-state index contributed by atoms with van der Waals surface area (Å²) < 4.78 is 0. The lowest BCUT2D eigenvalue weighted by Gasteiger charge is -2.07. The molecule has 1 N–H and O–H groups in total. The molecular weight excluding hydrogens is 278 g/mol. The fourth-order valence-corrected chi connectivity index (χ4v) is 2.78. The summed E-state index contributed by atoms with van der Waals surface area (Å²) in [4.78, 5) is 10.4. The number of aromatic nitrogens is 2. The van der Waals surface area contributed by atoms with Crippen LogP contribution in [0.1, 0.15) is 36.1 Å². The molecule has 0 fully saturated rings. The third-order valence-electron chi connectivity index (χ3n) is 3.08. The molecule has 0 aliphatic carbocycles. The minimum Gasteiger partial charge on any atom is -0.311 e. The highest BCUT2D eigenvalue weighted by atomic mass is 32.2. The lowest BCUT2D eigenvalue weighted by Crippen LogP contribution is -2.15. The Morgan fingerprint density at radius 2 is 1.86 bits per heavy atom. The van der Waals surface area contributed by atoms with E-state index in [-0.39, 0.29) is 0 Å². The van der Waals surface area contributed by atoms with Gasteiger partial charge in [-0.1, -0.05) is 24.6 Å². The maximum absolute atomic E-state index is 4.64. The van der Waals surface area contributed by atoms with Gasteiger partial charge in [0.25, 0.3) is 0 Å². The predicted octanol–water partition coefficient (Wildman–Crippen LogP) is 3.89. The zero-order chi connectivity index (χ0) is 15.1. The van der Waals surface area contributed by atoms with E-state index in [9.17, 15) is 0 Å². The largest absolute Gasteiger partial charge is 0.311 e. The molecule has 0 aliphatic rings. The van der Waals surface area contributed by atoms with Crippen molar-refractivity contribution >= 4 is 11.8 Å². The van der Waals surface area contributed by atoms with Crippen molar-refractivity contribution in [3.8, 4) is 0 Å². The first kappa shape index (κ1) is 16.0. The Labute approximate surface area is 131 Å². The number of hydrogen-bond donors (Lipinski definition) is 1. The second-order valence-corrected chi connectivity index (χ2v) is 6.24. The zero-order valence-electron chi connectivity index (χ0n) is 13.0. The van der Waals surface area contributed by atoms with E-state index in [0.717, 1.165) is 42.5 Å². The van der Waals surface area contributed by atoms with Crippen LogP contribution in [0.2, 0.25) is 0 Å². The molecule has 2 aromatic rings. The quantitative estimate of drug-likeness (QED) is 0.622. The van der Waals surface area contributed by atoms with Gasteiger partial charge in [-0.3, -0.25) is 0 Å². The lowest BCUT2D eigenvalue weighted by atomic mass is 10.2. The minimum absolute atomic E-state index is 0.811. The van der Waals surface area contributed by atoms with E-state index in [1.807, 2.05) is 6.92 Å². The molecule has 0 aliphatic heterocycles. The average molecular weight is 301 g/mol. The fourth-order valence-electron chi connectivity index (χ4n) is 2.03. The maximum atomic E-state index is 4.64. The molecule has 3 nitrogen and oxygen atoms in total. The Morgan fingerprint density at radius 3 is 2.57 bits per heavy atom. The van der Waals surface area contributed by atoms with Gasteiger partial charge in [0.1, 0.15) is 5.82 Å². The number of hydrogen-bond acceptors (Lipinski definition) is 4. The molecular formula is C17H23N3S. The van der Waals surface area contributed by atoms with Crippen LogP contribution in [-0.4, -0.2) is 16.5 Å². The molecule has 0 radical (unpaired) electrons. The van der Waals surface area contributed by atoms with Gasteiger partial charge in [-0.15, -0.1) is 11.8 Å². The molecule has 0 saturated carbocycles. The van der Waals surface area contributed by atoms with Gasteiger partial charge in [0.15, 0.2) is 0 Å². The number of nitrogens with one attached hydrogen (secondary N) is 1. The molecule has 21 heavy (non-hydrogen) atoms. The van der Waals surface area contributed by atoms with Gasteiger partial charge in [-0.2, -0.15) is 0 Å². The summed E-state index contributed by atoms with van der Waals surface area (Å²) in [6, 6.07) is 10.6. The normalized spacial score (nSPS) is 10.8. The molecule has 0 spiro atoms. The molecule has 0 atom stereocenters. The standard InChI is InChI=1S/C17H23N3S/c1-4-9-18-11-15-10-14(3)19-17(20-15)12-21-16-7-5-13(2)6-8-16/h5-8,10,18H,4,9,11-12H2,1-3H3. The molecule has 0 amide bonds. The summed E-state index contributed by atoms with van der Waals surface area (Å²) in [6.45, 7) is 8.15. The van der Waals surface area contributed by atoms with Crippen LogP contribution in [0.15, 0.2) is 35.2 Å². The summed E-state index contributed by atoms with van der Waals surface area (Å²) in [5.74, 6) is 1.72. The van der Waals surface area contributed by atoms with Crippen molar-refractivity contribution in [3.05, 3.63) is 53.1 Å². The second-order valence-electron chi connectivity index (χ2n) is 5.20. The summed E-state index contributed by atoms with van der Waals surface area (Å²) in [6.07, 6.45) is 1.14. The minimum atomic E-state index is 0.811. The van der Waals surface area contributed by atoms with Crippen molar-refractivity contribution in [3.63, 3.8) is 0 Å². The van der Waals surface area contributed by atoms with E-state index in [1.165, 1.54) is 10.5 Å². The Bertz CT molecular complexity index is 567. The summed E-state index contributed by atoms with van der Waals surface area (Å²) in [5.41, 5.74) is 3.41. The van der Waals surface area contributed by atoms with Crippen molar-refractivity contribution in [2.24, 2.45) is 0 Å². The third-order valence-corrected chi connectivity index (χ3v) is 4.08. The topological polar surface area (TPSA) is 37.8 Å². The van der Waals surface area contributed by atoms with Crippen LogP contribution < -0.4 is 5.32 Å². The van der Waals surface area contributed by atoms with E-state index < -0.39 is 0 Å². The van der Waals surface area contributed by atoms with Crippen molar-refractivity contribution in [2.45, 2.75) is 44.4 Å². The van der Waals surface area contributed by atoms with E-state index in [2.05, 4.69) is 59.5 Å². The molecule has 4 heteroatoms. The van der Waals surface area contributed by atoms with Gasteiger partial charge in [-0.05, 0) is 45.0 Å². The van der Waals surface area contributed by atoms with Gasteiger partial charge in [0.05, 0.1) is 11.4 Å². The van der Waals surface area contributed by atoms with E-state index in [0.29, 0.717) is 0 Å². The van der Waals surface area contributed by atoms with Crippen LogP contribution >= 0.6 is 11.8 Å². The smallest absolute Gasteiger partial charge is 0.139 e. The molecule has 1 aromatic carbocycles. The maximum Gasteiger partial charge on any atom is 0.139 e. The Balaban J connectivity index is 1.97. The van der Waals surface area contributed by atoms with E-state index >= 15 is 0 Å². The molecule has 0 saturated heterocycles. The van der Waals surface area contributed by atoms with Crippen molar-refractivity contribution in [1.29, 1.82) is 0 Å². The highest BCUT2D eigenvalue weighted by Crippen LogP contribution is 2.21. The number of aryl methyl sites for hydroxylation is 2. The van der Waals surface area contributed by atoms with Crippen molar-refractivity contribution in [1.82, 2.24) is 15.3 Å². The van der Waals surface area contributed by atoms with Gasteiger partial charge < -0.3 is 5.32 Å². The molecule has 1 heterocycles. The van der Waals surface area contributed by atoms with Gasteiger partial charge in [0, 0.05) is 17.1 Å². The third kappa shape index (κ3) is 5.48. The Morgan fingerprint density at radius 1 is 1.10 bits per heavy atom. The van der Waals surface area contributed by atoms with E-state index in [4.69, 9.17) is 0 Å². The number of nitrogens with zero attached hydrogens (tertiary/aromatic N) is 2. The Kier molecular flexibility index (Phi) is 6.21. The number of benzene rings is 1. The fraction of sp³-hybridized carbons (Fsp3) is 0.412. The van der Waals surface area contributed by atoms with Crippen LogP contribution in [0.3, 0.4) is 0 Å². The van der Waals surface area contributed by atoms with Gasteiger partial charge in [0.2, 0.25) is 0 Å². The molecule has 0 unspecified atom stereocenters. The number of rotatable bonds is 7. The molecule has 2 rings (SSSR count). The van der Waals surface area contributed by atoms with Crippen LogP contribution in [-0.2, 0) is 12.3 Å². The average Bonchev–Trinajstić information content (AvgIpc) is 2.46. The summed E-state index contributed by atoms with van der Waals surface area (Å²) >= 11 is 1.78. The summed E-state index contributed by atoms with van der Waals surface area (Å²) in [5, 5.41) is 3.39. The van der Waals surface area contributed by atoms with Gasteiger partial charge >= 0.3 is 0 Å². The van der Waals surface area contributed by atoms with Crippen molar-refractivity contribution < 1.29 is 0 Å². The number of thioether (sulfide) groups is 1. The highest BCUT2D eigenvalue weighted by Gasteiger charge is 2.03. The molecule has 112 valence electrons. The predicted molar refractivity (Wildman–Crippen MR) is 89.5 cm³/mol. The van der Waals surface area contributed by atoms with Crippen LogP contribution in [0.25, 0.3) is 0 Å². The lowest BCUT2D eigenvalue weighted by molar-refractivity contribution is 0.659. The summed E-state index contributed by atoms with van der Waals surface area (Å²) in [7, 11) is 0. The van der Waals surface area contributed by atoms with Crippen molar-refractivity contribution in [2.75, 3.05) is 6.54 Å². The second kappa shape index (κ2) is 8.15. The first-order valence-electron chi connectivity index (χ1n) is 7.41. The first-order chi connectivity index (χ1) is 10.2. The highest BCUT2D eigenvalue weighted by molar-refractivity contribution is 7.98. The first-order valence-corrected chi connectivity index (χ1v) is 8.39. The van der Waals surface area contributed by atoms with Crippen LogP contribution in [0, 0.1) is 13.8 Å².